The predicted molar refractivity (Wildman–Crippen MR) is 74.8 cm³/mol. The Morgan fingerprint density at radius 3 is 2.39 bits per heavy atom. The highest BCUT2D eigenvalue weighted by Crippen LogP contribution is 2.27. The van der Waals surface area contributed by atoms with Crippen molar-refractivity contribution in [1.29, 1.82) is 0 Å². The van der Waals surface area contributed by atoms with E-state index in [1.54, 1.807) is 0 Å². The van der Waals surface area contributed by atoms with Crippen LogP contribution in [0.15, 0.2) is 24.3 Å². The van der Waals surface area contributed by atoms with Gasteiger partial charge >= 0.3 is 0 Å². The highest BCUT2D eigenvalue weighted by Gasteiger charge is 2.22. The molecule has 0 amide bonds. The molecule has 0 aliphatic heterocycles. The number of hydrogen-bond acceptors (Lipinski definition) is 2. The Hall–Kier alpha value is -1.15. The van der Waals surface area contributed by atoms with Crippen LogP contribution in [0.25, 0.3) is 0 Å². The summed E-state index contributed by atoms with van der Waals surface area (Å²) in [6.07, 6.45) is 5.84. The normalized spacial score (nSPS) is 18.6. The molecule has 1 aromatic carbocycles. The van der Waals surface area contributed by atoms with Crippen LogP contribution in [0.3, 0.4) is 0 Å². The van der Waals surface area contributed by atoms with Gasteiger partial charge in [0.1, 0.15) is 0 Å². The fraction of sp³-hybridized carbons (Fsp3) is 0.562. The van der Waals surface area contributed by atoms with Gasteiger partial charge in [-0.3, -0.25) is 4.79 Å². The molecule has 1 unspecified atom stereocenters. The number of benzene rings is 1. The van der Waals surface area contributed by atoms with Crippen LogP contribution in [0.5, 0.6) is 0 Å². The molecule has 1 fully saturated rings. The van der Waals surface area contributed by atoms with Crippen molar-refractivity contribution in [3.8, 4) is 0 Å². The van der Waals surface area contributed by atoms with Gasteiger partial charge in [0.05, 0.1) is 0 Å². The van der Waals surface area contributed by atoms with Gasteiger partial charge in [0.2, 0.25) is 0 Å². The minimum absolute atomic E-state index is 0.261. The second kappa shape index (κ2) is 6.14. The van der Waals surface area contributed by atoms with Gasteiger partial charge in [0.15, 0.2) is 5.78 Å². The van der Waals surface area contributed by atoms with Crippen LogP contribution < -0.4 is 5.73 Å². The second-order valence-corrected chi connectivity index (χ2v) is 5.46. The monoisotopic (exact) mass is 245 g/mol. The lowest BCUT2D eigenvalue weighted by Crippen LogP contribution is -2.18. The molecule has 0 spiro atoms. The zero-order chi connectivity index (χ0) is 13.0. The van der Waals surface area contributed by atoms with Gasteiger partial charge in [-0.15, -0.1) is 0 Å². The molecule has 0 saturated heterocycles. The maximum atomic E-state index is 12.3. The summed E-state index contributed by atoms with van der Waals surface area (Å²) in [5.41, 5.74) is 7.74. The number of nitrogens with two attached hydrogens (primary N) is 1. The Morgan fingerprint density at radius 2 is 1.83 bits per heavy atom. The van der Waals surface area contributed by atoms with Crippen molar-refractivity contribution >= 4 is 5.78 Å². The molecular formula is C16H23NO. The molecule has 98 valence electrons. The Kier molecular flexibility index (Phi) is 4.54. The second-order valence-electron chi connectivity index (χ2n) is 5.46. The highest BCUT2D eigenvalue weighted by atomic mass is 16.1. The third-order valence-electron chi connectivity index (χ3n) is 4.09. The molecule has 0 heterocycles. The average molecular weight is 245 g/mol. The van der Waals surface area contributed by atoms with Gasteiger partial charge in [-0.2, -0.15) is 0 Å². The molecule has 0 bridgehead atoms. The number of carbonyl (C=O) groups is 1. The molecule has 2 nitrogen and oxygen atoms in total. The fourth-order valence-electron chi connectivity index (χ4n) is 2.71. The Labute approximate surface area is 110 Å². The van der Waals surface area contributed by atoms with Gasteiger partial charge < -0.3 is 5.73 Å². The molecule has 2 rings (SSSR count). The van der Waals surface area contributed by atoms with Gasteiger partial charge in [-0.05, 0) is 30.9 Å². The molecule has 0 aromatic heterocycles. The van der Waals surface area contributed by atoms with Crippen molar-refractivity contribution in [2.75, 3.05) is 6.54 Å². The zero-order valence-corrected chi connectivity index (χ0v) is 11.2. The third-order valence-corrected chi connectivity index (χ3v) is 4.09. The minimum Gasteiger partial charge on any atom is -0.330 e. The molecule has 2 N–H and O–H groups in total. The first-order valence-corrected chi connectivity index (χ1v) is 7.06. The van der Waals surface area contributed by atoms with Crippen LogP contribution >= 0.6 is 0 Å². The summed E-state index contributed by atoms with van der Waals surface area (Å²) >= 11 is 0. The summed E-state index contributed by atoms with van der Waals surface area (Å²) in [6, 6.07) is 8.04. The van der Waals surface area contributed by atoms with E-state index in [1.807, 2.05) is 24.3 Å². The van der Waals surface area contributed by atoms with Crippen LogP contribution in [-0.4, -0.2) is 12.3 Å². The van der Waals surface area contributed by atoms with Crippen LogP contribution in [-0.2, 0) is 0 Å². The van der Waals surface area contributed by atoms with Crippen molar-refractivity contribution in [3.05, 3.63) is 35.4 Å². The van der Waals surface area contributed by atoms with Crippen molar-refractivity contribution in [3.63, 3.8) is 0 Å². The first-order chi connectivity index (χ1) is 8.72. The first kappa shape index (κ1) is 13.3. The minimum atomic E-state index is 0.261. The molecule has 1 atom stereocenters. The van der Waals surface area contributed by atoms with Crippen LogP contribution in [0.1, 0.15) is 60.9 Å². The summed E-state index contributed by atoms with van der Waals surface area (Å²) in [5.74, 6) is 0.960. The molecule has 1 aromatic rings. The number of Topliss-reactive ketones (excluding diaryl/α,β-unsaturated/α-hetero) is 1. The molecule has 1 aliphatic rings. The Balaban J connectivity index is 2.06. The van der Waals surface area contributed by atoms with E-state index < -0.39 is 0 Å². The first-order valence-electron chi connectivity index (χ1n) is 7.06. The van der Waals surface area contributed by atoms with Crippen molar-refractivity contribution in [2.45, 2.75) is 44.9 Å². The summed E-state index contributed by atoms with van der Waals surface area (Å²) in [7, 11) is 0. The highest BCUT2D eigenvalue weighted by molar-refractivity contribution is 5.97. The zero-order valence-electron chi connectivity index (χ0n) is 11.2. The Bertz CT molecular complexity index is 390. The van der Waals surface area contributed by atoms with Crippen molar-refractivity contribution in [2.24, 2.45) is 11.7 Å². The van der Waals surface area contributed by atoms with Gasteiger partial charge in [0.25, 0.3) is 0 Å². The molecule has 0 radical (unpaired) electrons. The molecular weight excluding hydrogens is 222 g/mol. The largest absolute Gasteiger partial charge is 0.330 e. The molecule has 18 heavy (non-hydrogen) atoms. The van der Waals surface area contributed by atoms with E-state index in [9.17, 15) is 4.79 Å². The van der Waals surface area contributed by atoms with Crippen molar-refractivity contribution < 1.29 is 4.79 Å². The summed E-state index contributed by atoms with van der Waals surface area (Å²) in [5, 5.41) is 0. The van der Waals surface area contributed by atoms with E-state index in [2.05, 4.69) is 6.92 Å². The quantitative estimate of drug-likeness (QED) is 0.825. The lowest BCUT2D eigenvalue weighted by molar-refractivity contribution is 0.0889. The Morgan fingerprint density at radius 1 is 1.22 bits per heavy atom. The average Bonchev–Trinajstić information content (AvgIpc) is 2.47. The van der Waals surface area contributed by atoms with E-state index in [4.69, 9.17) is 5.73 Å². The number of hydrogen-bond donors (Lipinski definition) is 1. The smallest absolute Gasteiger partial charge is 0.165 e. The summed E-state index contributed by atoms with van der Waals surface area (Å²) < 4.78 is 0. The number of ketones is 1. The van der Waals surface area contributed by atoms with Crippen LogP contribution in [0, 0.1) is 5.92 Å². The number of rotatable bonds is 4. The third kappa shape index (κ3) is 2.99. The molecule has 1 aliphatic carbocycles. The summed E-state index contributed by atoms with van der Waals surface area (Å²) in [6.45, 7) is 2.76. The van der Waals surface area contributed by atoms with Crippen LogP contribution in [0.2, 0.25) is 0 Å². The number of carbonyl (C=O) groups excluding carboxylic acids is 1. The van der Waals surface area contributed by atoms with Gasteiger partial charge in [0, 0.05) is 11.5 Å². The molecule has 1 saturated carbocycles. The maximum absolute atomic E-state index is 12.3. The lowest BCUT2D eigenvalue weighted by Gasteiger charge is -2.20. The standard InChI is InChI=1S/C16H23NO/c1-12(11-17)13-7-9-15(10-8-13)16(18)14-5-3-2-4-6-14/h7-10,12,14H,2-6,11,17H2,1H3. The topological polar surface area (TPSA) is 43.1 Å². The summed E-state index contributed by atoms with van der Waals surface area (Å²) in [4.78, 5) is 12.3. The van der Waals surface area contributed by atoms with Crippen LogP contribution in [0.4, 0.5) is 0 Å². The van der Waals surface area contributed by atoms with Gasteiger partial charge in [-0.25, -0.2) is 0 Å². The van der Waals surface area contributed by atoms with Gasteiger partial charge in [-0.1, -0.05) is 50.5 Å². The van der Waals surface area contributed by atoms with E-state index in [-0.39, 0.29) is 5.92 Å². The molecule has 2 heteroatoms. The van der Waals surface area contributed by atoms with Crippen molar-refractivity contribution in [1.82, 2.24) is 0 Å². The van der Waals surface area contributed by atoms with E-state index in [1.165, 1.54) is 24.8 Å². The van der Waals surface area contributed by atoms with E-state index >= 15 is 0 Å². The van der Waals surface area contributed by atoms with E-state index in [0.717, 1.165) is 18.4 Å². The lowest BCUT2D eigenvalue weighted by atomic mass is 9.83. The maximum Gasteiger partial charge on any atom is 0.165 e. The fourth-order valence-corrected chi connectivity index (χ4v) is 2.71. The van der Waals surface area contributed by atoms with E-state index in [0.29, 0.717) is 18.2 Å². The SMILES string of the molecule is CC(CN)c1ccc(C(=O)C2CCCCC2)cc1. The predicted octanol–water partition coefficient (Wildman–Crippen LogP) is 3.51.